The fourth-order valence-corrected chi connectivity index (χ4v) is 0.792. The van der Waals surface area contributed by atoms with E-state index in [1.807, 2.05) is 0 Å². The first kappa shape index (κ1) is 9.07. The van der Waals surface area contributed by atoms with Crippen LogP contribution in [-0.2, 0) is 0 Å². The summed E-state index contributed by atoms with van der Waals surface area (Å²) in [6.45, 7) is 0.0187. The third-order valence-electron chi connectivity index (χ3n) is 1.31. The molecular formula is C9H6NO3. The maximum atomic E-state index is 10.4. The van der Waals surface area contributed by atoms with Crippen molar-refractivity contribution in [1.29, 1.82) is 0 Å². The highest BCUT2D eigenvalue weighted by Crippen LogP contribution is 2.25. The summed E-state index contributed by atoms with van der Waals surface area (Å²) in [5.74, 6) is 2.40. The highest BCUT2D eigenvalue weighted by atomic mass is 16.6. The van der Waals surface area contributed by atoms with Gasteiger partial charge in [-0.1, -0.05) is 12.0 Å². The van der Waals surface area contributed by atoms with Gasteiger partial charge in [0.1, 0.15) is 6.61 Å². The molecule has 0 unspecified atom stereocenters. The molecule has 4 nitrogen and oxygen atoms in total. The molecule has 0 aliphatic rings. The summed E-state index contributed by atoms with van der Waals surface area (Å²) in [7, 11) is 0. The smallest absolute Gasteiger partial charge is 0.311 e. The van der Waals surface area contributed by atoms with Crippen molar-refractivity contribution in [3.63, 3.8) is 0 Å². The Bertz CT molecular complexity index is 354. The Morgan fingerprint density at radius 2 is 2.54 bits per heavy atom. The van der Waals surface area contributed by atoms with Crippen LogP contribution in [0.25, 0.3) is 0 Å². The van der Waals surface area contributed by atoms with Crippen LogP contribution in [0.3, 0.4) is 0 Å². The lowest BCUT2D eigenvalue weighted by Crippen LogP contribution is -1.97. The molecule has 13 heavy (non-hydrogen) atoms. The molecule has 0 saturated carbocycles. The highest BCUT2D eigenvalue weighted by molar-refractivity contribution is 5.45. The minimum Gasteiger partial charge on any atom is -0.474 e. The second-order valence-corrected chi connectivity index (χ2v) is 2.14. The van der Waals surface area contributed by atoms with Crippen LogP contribution in [-0.4, -0.2) is 11.5 Å². The number of terminal acetylenes is 1. The molecule has 0 heterocycles. The van der Waals surface area contributed by atoms with E-state index in [9.17, 15) is 10.1 Å². The van der Waals surface area contributed by atoms with Crippen molar-refractivity contribution in [3.05, 3.63) is 34.4 Å². The zero-order valence-electron chi connectivity index (χ0n) is 6.69. The van der Waals surface area contributed by atoms with Crippen LogP contribution in [0.4, 0.5) is 5.69 Å². The van der Waals surface area contributed by atoms with Gasteiger partial charge >= 0.3 is 5.69 Å². The molecule has 1 aromatic carbocycles. The molecule has 1 aromatic rings. The van der Waals surface area contributed by atoms with Crippen molar-refractivity contribution >= 4 is 5.69 Å². The van der Waals surface area contributed by atoms with Crippen LogP contribution in [0.5, 0.6) is 5.75 Å². The van der Waals surface area contributed by atoms with Gasteiger partial charge < -0.3 is 4.74 Å². The molecule has 0 aliphatic carbocycles. The summed E-state index contributed by atoms with van der Waals surface area (Å²) in [4.78, 5) is 9.90. The first-order valence-corrected chi connectivity index (χ1v) is 3.46. The lowest BCUT2D eigenvalue weighted by atomic mass is 10.3. The average molecular weight is 176 g/mol. The summed E-state index contributed by atoms with van der Waals surface area (Å²) >= 11 is 0. The third-order valence-corrected chi connectivity index (χ3v) is 1.31. The topological polar surface area (TPSA) is 52.4 Å². The van der Waals surface area contributed by atoms with Crippen molar-refractivity contribution in [2.24, 2.45) is 0 Å². The third kappa shape index (κ3) is 2.20. The molecule has 0 aliphatic heterocycles. The van der Waals surface area contributed by atoms with E-state index in [1.54, 1.807) is 0 Å². The standard InChI is InChI=1S/C9H6NO3/c1-2-7-13-9-6-4-3-5-8(9)10(11)12/h1,4-6H,7H2. The van der Waals surface area contributed by atoms with Gasteiger partial charge in [-0.2, -0.15) is 0 Å². The number of hydrogen-bond acceptors (Lipinski definition) is 3. The Labute approximate surface area is 75.3 Å². The summed E-state index contributed by atoms with van der Waals surface area (Å²) in [6.07, 6.45) is 4.95. The van der Waals surface area contributed by atoms with E-state index in [2.05, 4.69) is 12.0 Å². The molecule has 1 radical (unpaired) electrons. The lowest BCUT2D eigenvalue weighted by molar-refractivity contribution is -0.385. The quantitative estimate of drug-likeness (QED) is 0.397. The Balaban J connectivity index is 2.92. The minimum absolute atomic E-state index is 0.0187. The van der Waals surface area contributed by atoms with E-state index in [-0.39, 0.29) is 18.0 Å². The molecule has 0 N–H and O–H groups in total. The molecule has 0 bridgehead atoms. The monoisotopic (exact) mass is 176 g/mol. The number of rotatable bonds is 3. The Hall–Kier alpha value is -2.02. The zero-order valence-corrected chi connectivity index (χ0v) is 6.69. The summed E-state index contributed by atoms with van der Waals surface area (Å²) in [5, 5.41) is 10.4. The second-order valence-electron chi connectivity index (χ2n) is 2.14. The van der Waals surface area contributed by atoms with Gasteiger partial charge in [0.25, 0.3) is 0 Å². The molecule has 4 heteroatoms. The van der Waals surface area contributed by atoms with E-state index < -0.39 is 4.92 Å². The van der Waals surface area contributed by atoms with Gasteiger partial charge in [0, 0.05) is 6.07 Å². The van der Waals surface area contributed by atoms with Gasteiger partial charge in [0.15, 0.2) is 5.75 Å². The van der Waals surface area contributed by atoms with E-state index in [4.69, 9.17) is 11.2 Å². The van der Waals surface area contributed by atoms with E-state index >= 15 is 0 Å². The van der Waals surface area contributed by atoms with E-state index in [0.29, 0.717) is 0 Å². The van der Waals surface area contributed by atoms with E-state index in [1.165, 1.54) is 18.2 Å². The Morgan fingerprint density at radius 3 is 3.15 bits per heavy atom. The highest BCUT2D eigenvalue weighted by Gasteiger charge is 2.12. The minimum atomic E-state index is -0.539. The van der Waals surface area contributed by atoms with Gasteiger partial charge in [0.05, 0.1) is 4.92 Å². The van der Waals surface area contributed by atoms with Crippen LogP contribution in [0.15, 0.2) is 18.2 Å². The van der Waals surface area contributed by atoms with Crippen molar-refractivity contribution < 1.29 is 9.66 Å². The predicted octanol–water partition coefficient (Wildman–Crippen LogP) is 1.41. The number of hydrogen-bond donors (Lipinski definition) is 0. The molecule has 0 saturated heterocycles. The number of nitrogens with zero attached hydrogens (tertiary/aromatic N) is 1. The molecular weight excluding hydrogens is 170 g/mol. The maximum Gasteiger partial charge on any atom is 0.311 e. The first-order valence-electron chi connectivity index (χ1n) is 3.46. The number of nitro benzene ring substituents is 1. The van der Waals surface area contributed by atoms with Crippen LogP contribution in [0.2, 0.25) is 0 Å². The van der Waals surface area contributed by atoms with Gasteiger partial charge in [-0.05, 0) is 12.1 Å². The molecule has 0 aromatic heterocycles. The predicted molar refractivity (Wildman–Crippen MR) is 46.3 cm³/mol. The van der Waals surface area contributed by atoms with Gasteiger partial charge in [-0.25, -0.2) is 0 Å². The normalized spacial score (nSPS) is 8.85. The number of ether oxygens (including phenoxy) is 1. The van der Waals surface area contributed by atoms with Gasteiger partial charge in [-0.3, -0.25) is 10.1 Å². The lowest BCUT2D eigenvalue weighted by Gasteiger charge is -2.01. The van der Waals surface area contributed by atoms with Gasteiger partial charge in [0.2, 0.25) is 0 Å². The van der Waals surface area contributed by atoms with Crippen LogP contribution < -0.4 is 4.74 Å². The van der Waals surface area contributed by atoms with Crippen LogP contribution in [0, 0.1) is 28.5 Å². The molecule has 0 fully saturated rings. The largest absolute Gasteiger partial charge is 0.474 e. The Morgan fingerprint density at radius 1 is 1.77 bits per heavy atom. The fraction of sp³-hybridized carbons (Fsp3) is 0.111. The SMILES string of the molecule is C#CCOc1cc[c]cc1[N+](=O)[O-]. The summed E-state index contributed by atoms with van der Waals surface area (Å²) < 4.78 is 4.95. The molecule has 0 spiro atoms. The van der Waals surface area contributed by atoms with Crippen LogP contribution in [0.1, 0.15) is 0 Å². The van der Waals surface area contributed by atoms with Crippen molar-refractivity contribution in [2.75, 3.05) is 6.61 Å². The summed E-state index contributed by atoms with van der Waals surface area (Å²) in [5.41, 5.74) is -0.127. The summed E-state index contributed by atoms with van der Waals surface area (Å²) in [6, 6.07) is 6.81. The van der Waals surface area contributed by atoms with Crippen LogP contribution >= 0.6 is 0 Å². The van der Waals surface area contributed by atoms with Crippen molar-refractivity contribution in [3.8, 4) is 18.1 Å². The molecule has 65 valence electrons. The fourth-order valence-electron chi connectivity index (χ4n) is 0.792. The Kier molecular flexibility index (Phi) is 2.87. The molecule has 1 rings (SSSR count). The van der Waals surface area contributed by atoms with Crippen molar-refractivity contribution in [2.45, 2.75) is 0 Å². The maximum absolute atomic E-state index is 10.4. The number of benzene rings is 1. The second kappa shape index (κ2) is 4.12. The molecule has 0 amide bonds. The van der Waals surface area contributed by atoms with Gasteiger partial charge in [-0.15, -0.1) is 6.42 Å². The first-order chi connectivity index (χ1) is 6.25. The number of nitro groups is 1. The van der Waals surface area contributed by atoms with E-state index in [0.717, 1.165) is 0 Å². The van der Waals surface area contributed by atoms with Crippen molar-refractivity contribution in [1.82, 2.24) is 0 Å². The zero-order chi connectivity index (χ0) is 9.68. The molecule has 0 atom stereocenters. The average Bonchev–Trinajstić information content (AvgIpc) is 2.15.